The fraction of sp³-hybridized carbons (Fsp3) is 0.714. The van der Waals surface area contributed by atoms with Crippen LogP contribution in [0.15, 0.2) is 17.1 Å². The molecule has 0 radical (unpaired) electrons. The molecule has 9 N–H and O–H groups in total. The van der Waals surface area contributed by atoms with E-state index in [0.29, 0.717) is 0 Å². The quantitative estimate of drug-likeness (QED) is 0.133. The van der Waals surface area contributed by atoms with E-state index in [9.17, 15) is 44.1 Å². The average molecular weight is 521 g/mol. The first-order valence-corrected chi connectivity index (χ1v) is 12.1. The standard InChI is InChI=1S/C14H25N3O14P2/c1-14(23,6-18)8(19)5-29-33(26,27)31-32(24,25)28-4-7-10(20)11(21)12(30-7)17-3-2-9(15)16-13(17)22/h2-3,7-8,10-12,18-21,23H,4-6H2,1H3,(H,24,25)(H,26,27)(H2,15,16,22)/t7-,8-,10+,11+,12-,14+/m1/s1. The molecule has 0 bridgehead atoms. The van der Waals surface area contributed by atoms with Crippen molar-refractivity contribution in [1.82, 2.24) is 9.55 Å². The van der Waals surface area contributed by atoms with E-state index in [0.717, 1.165) is 17.7 Å². The van der Waals surface area contributed by atoms with Crippen molar-refractivity contribution in [3.8, 4) is 0 Å². The molecule has 1 fully saturated rings. The number of hydrogen-bond acceptors (Lipinski definition) is 14. The lowest BCUT2D eigenvalue weighted by Gasteiger charge is -2.27. The van der Waals surface area contributed by atoms with Gasteiger partial charge in [0.1, 0.15) is 35.8 Å². The first-order chi connectivity index (χ1) is 15.1. The summed E-state index contributed by atoms with van der Waals surface area (Å²) in [6, 6.07) is 1.22. The predicted molar refractivity (Wildman–Crippen MR) is 105 cm³/mol. The van der Waals surface area contributed by atoms with E-state index >= 15 is 0 Å². The molecule has 33 heavy (non-hydrogen) atoms. The number of nitrogens with zero attached hydrogens (tertiary/aromatic N) is 2. The zero-order chi connectivity index (χ0) is 25.2. The third kappa shape index (κ3) is 7.34. The topological polar surface area (TPSA) is 274 Å². The van der Waals surface area contributed by atoms with Crippen LogP contribution in [0.2, 0.25) is 0 Å². The minimum Gasteiger partial charge on any atom is -0.393 e. The average Bonchev–Trinajstić information content (AvgIpc) is 2.98. The van der Waals surface area contributed by atoms with Crippen LogP contribution in [0.1, 0.15) is 13.2 Å². The van der Waals surface area contributed by atoms with E-state index in [2.05, 4.69) is 18.3 Å². The van der Waals surface area contributed by atoms with Crippen molar-refractivity contribution in [3.63, 3.8) is 0 Å². The third-order valence-corrected chi connectivity index (χ3v) is 7.11. The van der Waals surface area contributed by atoms with Gasteiger partial charge in [0.15, 0.2) is 6.23 Å². The highest BCUT2D eigenvalue weighted by molar-refractivity contribution is 7.61. The van der Waals surface area contributed by atoms with Crippen molar-refractivity contribution >= 4 is 21.5 Å². The molecule has 2 heterocycles. The van der Waals surface area contributed by atoms with Crippen molar-refractivity contribution in [2.75, 3.05) is 25.6 Å². The molecule has 17 nitrogen and oxygen atoms in total. The van der Waals surface area contributed by atoms with Crippen LogP contribution in [-0.2, 0) is 27.2 Å². The van der Waals surface area contributed by atoms with Gasteiger partial charge in [0.25, 0.3) is 0 Å². The maximum Gasteiger partial charge on any atom is 0.481 e. The van der Waals surface area contributed by atoms with Crippen LogP contribution in [-0.4, -0.2) is 94.7 Å². The van der Waals surface area contributed by atoms with Crippen LogP contribution in [0.25, 0.3) is 0 Å². The fourth-order valence-corrected chi connectivity index (χ4v) is 4.60. The molecular formula is C14H25N3O14P2. The lowest BCUT2D eigenvalue weighted by molar-refractivity contribution is -0.107. The number of hydrogen-bond donors (Lipinski definition) is 8. The fourth-order valence-electron chi connectivity index (χ4n) is 2.51. The Morgan fingerprint density at radius 1 is 1.27 bits per heavy atom. The van der Waals surface area contributed by atoms with Crippen LogP contribution < -0.4 is 11.4 Å². The van der Waals surface area contributed by atoms with Gasteiger partial charge in [-0.1, -0.05) is 0 Å². The summed E-state index contributed by atoms with van der Waals surface area (Å²) in [5, 5.41) is 48.3. The highest BCUT2D eigenvalue weighted by Crippen LogP contribution is 2.60. The van der Waals surface area contributed by atoms with Gasteiger partial charge in [-0.05, 0) is 13.0 Å². The molecule has 1 aliphatic heterocycles. The number of aromatic nitrogens is 2. The monoisotopic (exact) mass is 521 g/mol. The van der Waals surface area contributed by atoms with Crippen molar-refractivity contribution in [2.24, 2.45) is 0 Å². The zero-order valence-electron chi connectivity index (χ0n) is 17.0. The van der Waals surface area contributed by atoms with E-state index in [1.807, 2.05) is 0 Å². The van der Waals surface area contributed by atoms with Gasteiger partial charge >= 0.3 is 21.3 Å². The van der Waals surface area contributed by atoms with E-state index in [1.165, 1.54) is 6.07 Å². The Kier molecular flexibility index (Phi) is 8.92. The molecule has 1 aliphatic rings. The first kappa shape index (κ1) is 27.9. The second-order valence-corrected chi connectivity index (χ2v) is 10.3. The van der Waals surface area contributed by atoms with Gasteiger partial charge in [-0.15, -0.1) is 0 Å². The highest BCUT2D eigenvalue weighted by Gasteiger charge is 2.46. The summed E-state index contributed by atoms with van der Waals surface area (Å²) in [7, 11) is -10.6. The first-order valence-electron chi connectivity index (χ1n) is 9.12. The molecule has 190 valence electrons. The number of aliphatic hydroxyl groups is 5. The molecule has 1 saturated heterocycles. The highest BCUT2D eigenvalue weighted by atomic mass is 31.3. The molecule has 0 amide bonds. The van der Waals surface area contributed by atoms with E-state index in [-0.39, 0.29) is 5.82 Å². The lowest BCUT2D eigenvalue weighted by Crippen LogP contribution is -2.45. The Morgan fingerprint density at radius 2 is 1.88 bits per heavy atom. The normalized spacial score (nSPS) is 29.7. The van der Waals surface area contributed by atoms with Gasteiger partial charge in [-0.3, -0.25) is 13.6 Å². The summed E-state index contributed by atoms with van der Waals surface area (Å²) in [6.45, 7) is -1.94. The molecule has 0 saturated carbocycles. The van der Waals surface area contributed by atoms with Gasteiger partial charge in [0.05, 0.1) is 19.8 Å². The molecular weight excluding hydrogens is 496 g/mol. The molecule has 19 heteroatoms. The summed E-state index contributed by atoms with van der Waals surface area (Å²) >= 11 is 0. The van der Waals surface area contributed by atoms with Gasteiger partial charge < -0.3 is 45.8 Å². The molecule has 2 unspecified atom stereocenters. The van der Waals surface area contributed by atoms with Crippen LogP contribution in [0.3, 0.4) is 0 Å². The summed E-state index contributed by atoms with van der Waals surface area (Å²) < 4.78 is 42.7. The third-order valence-electron chi connectivity index (χ3n) is 4.50. The van der Waals surface area contributed by atoms with Crippen LogP contribution in [0.5, 0.6) is 0 Å². The Bertz CT molecular complexity index is 973. The second kappa shape index (κ2) is 10.5. The van der Waals surface area contributed by atoms with Crippen molar-refractivity contribution < 1.29 is 62.5 Å². The number of anilines is 1. The number of aliphatic hydroxyl groups excluding tert-OH is 4. The number of rotatable bonds is 11. The van der Waals surface area contributed by atoms with Gasteiger partial charge in [0.2, 0.25) is 0 Å². The minimum atomic E-state index is -5.33. The largest absolute Gasteiger partial charge is 0.481 e. The van der Waals surface area contributed by atoms with Crippen LogP contribution >= 0.6 is 15.6 Å². The van der Waals surface area contributed by atoms with E-state index < -0.39 is 77.4 Å². The summed E-state index contributed by atoms with van der Waals surface area (Å²) in [5.41, 5.74) is 2.35. The Morgan fingerprint density at radius 3 is 2.45 bits per heavy atom. The number of nitrogens with two attached hydrogens (primary N) is 1. The molecule has 8 atom stereocenters. The van der Waals surface area contributed by atoms with Crippen molar-refractivity contribution in [1.29, 1.82) is 0 Å². The predicted octanol–water partition coefficient (Wildman–Crippen LogP) is -3.20. The van der Waals surface area contributed by atoms with Gasteiger partial charge in [-0.2, -0.15) is 9.29 Å². The maximum atomic E-state index is 12.0. The molecule has 1 aromatic rings. The molecule has 2 rings (SSSR count). The second-order valence-electron chi connectivity index (χ2n) is 7.23. The Labute approximate surface area is 185 Å². The van der Waals surface area contributed by atoms with Crippen LogP contribution in [0, 0.1) is 0 Å². The van der Waals surface area contributed by atoms with Crippen molar-refractivity contribution in [2.45, 2.75) is 43.2 Å². The molecule has 0 aliphatic carbocycles. The number of phosphoric ester groups is 2. The molecule has 1 aromatic heterocycles. The van der Waals surface area contributed by atoms with E-state index in [4.69, 9.17) is 15.6 Å². The smallest absolute Gasteiger partial charge is 0.393 e. The molecule has 0 aromatic carbocycles. The number of phosphoric acid groups is 2. The SMILES string of the molecule is C[C@](O)(CO)[C@H](O)COP(=O)(O)OP(=O)(O)OC[C@H]1O[C@@H](n2ccc(N)nc2=O)[C@@H](O)[C@H]1O. The number of ether oxygens (including phenoxy) is 1. The Hall–Kier alpha value is -1.30. The summed E-state index contributed by atoms with van der Waals surface area (Å²) in [6.07, 6.45) is -7.07. The molecule has 0 spiro atoms. The van der Waals surface area contributed by atoms with Gasteiger partial charge in [0, 0.05) is 6.20 Å². The summed E-state index contributed by atoms with van der Waals surface area (Å²) in [4.78, 5) is 34.5. The zero-order valence-corrected chi connectivity index (χ0v) is 18.8. The van der Waals surface area contributed by atoms with Crippen LogP contribution in [0.4, 0.5) is 5.82 Å². The number of nitrogen functional groups attached to an aromatic ring is 1. The lowest BCUT2D eigenvalue weighted by atomic mass is 10.0. The maximum absolute atomic E-state index is 12.0. The minimum absolute atomic E-state index is 0.106. The Balaban J connectivity index is 1.96. The summed E-state index contributed by atoms with van der Waals surface area (Å²) in [5.74, 6) is -0.106. The van der Waals surface area contributed by atoms with Crippen molar-refractivity contribution in [3.05, 3.63) is 22.7 Å². The van der Waals surface area contributed by atoms with E-state index in [1.54, 1.807) is 0 Å². The van der Waals surface area contributed by atoms with Gasteiger partial charge in [-0.25, -0.2) is 13.9 Å².